The molecule has 2 aromatic carbocycles. The molecule has 1 N–H and O–H groups in total. The predicted molar refractivity (Wildman–Crippen MR) is 111 cm³/mol. The first kappa shape index (κ1) is 20.3. The highest BCUT2D eigenvalue weighted by Gasteiger charge is 2.26. The summed E-state index contributed by atoms with van der Waals surface area (Å²) < 4.78 is 11.4. The van der Waals surface area contributed by atoms with Crippen LogP contribution in [0.5, 0.6) is 5.75 Å². The maximum atomic E-state index is 5.99. The van der Waals surface area contributed by atoms with Crippen LogP contribution in [0, 0.1) is 0 Å². The van der Waals surface area contributed by atoms with Crippen molar-refractivity contribution in [3.63, 3.8) is 0 Å². The van der Waals surface area contributed by atoms with Crippen LogP contribution in [0.15, 0.2) is 59.1 Å². The van der Waals surface area contributed by atoms with E-state index in [2.05, 4.69) is 51.7 Å². The maximum absolute atomic E-state index is 5.99. The van der Waals surface area contributed by atoms with Gasteiger partial charge in [0.15, 0.2) is 11.9 Å². The number of nitrogens with one attached hydrogen (secondary N) is 1. The van der Waals surface area contributed by atoms with Gasteiger partial charge in [0, 0.05) is 19.6 Å². The van der Waals surface area contributed by atoms with E-state index in [1.165, 1.54) is 5.56 Å². The Morgan fingerprint density at radius 2 is 1.82 bits per heavy atom. The van der Waals surface area contributed by atoms with Crippen LogP contribution in [-0.4, -0.2) is 41.7 Å². The van der Waals surface area contributed by atoms with Crippen molar-refractivity contribution in [2.45, 2.75) is 19.1 Å². The Bertz CT molecular complexity index is 870. The predicted octanol–water partition coefficient (Wildman–Crippen LogP) is 3.87. The molecule has 0 spiro atoms. The Morgan fingerprint density at radius 1 is 1.11 bits per heavy atom. The summed E-state index contributed by atoms with van der Waals surface area (Å²) in [4.78, 5) is 6.80. The minimum Gasteiger partial charge on any atom is -0.481 e. The molecule has 6 nitrogen and oxygen atoms in total. The first-order valence-electron chi connectivity index (χ1n) is 9.27. The molecule has 1 saturated heterocycles. The van der Waals surface area contributed by atoms with Crippen LogP contribution < -0.4 is 10.1 Å². The zero-order chi connectivity index (χ0) is 18.6. The van der Waals surface area contributed by atoms with E-state index in [9.17, 15) is 0 Å². The first-order chi connectivity index (χ1) is 13.2. The van der Waals surface area contributed by atoms with Crippen molar-refractivity contribution in [3.8, 4) is 16.9 Å². The number of rotatable bonds is 5. The minimum absolute atomic E-state index is 0. The van der Waals surface area contributed by atoms with E-state index in [1.54, 1.807) is 0 Å². The molecule has 1 aliphatic heterocycles. The summed E-state index contributed by atoms with van der Waals surface area (Å²) in [5.41, 5.74) is 2.34. The van der Waals surface area contributed by atoms with Gasteiger partial charge in [-0.3, -0.25) is 4.90 Å². The third-order valence-corrected chi connectivity index (χ3v) is 4.89. The van der Waals surface area contributed by atoms with Crippen molar-refractivity contribution in [1.29, 1.82) is 0 Å². The number of nitrogens with zero attached hydrogens (tertiary/aromatic N) is 3. The van der Waals surface area contributed by atoms with Crippen molar-refractivity contribution in [2.75, 3.05) is 26.7 Å². The molecule has 1 aliphatic rings. The van der Waals surface area contributed by atoms with Crippen LogP contribution in [0.2, 0.25) is 0 Å². The molecule has 0 radical (unpaired) electrons. The molecule has 3 aromatic rings. The number of likely N-dealkylation sites (N-methyl/N-ethyl adjacent to an activating group) is 1. The third kappa shape index (κ3) is 4.52. The van der Waals surface area contributed by atoms with Gasteiger partial charge in [0.05, 0.1) is 6.04 Å². The lowest BCUT2D eigenvalue weighted by Gasteiger charge is -2.30. The molecule has 2 heterocycles. The largest absolute Gasteiger partial charge is 0.481 e. The molecule has 1 aromatic heterocycles. The van der Waals surface area contributed by atoms with Crippen molar-refractivity contribution >= 4 is 12.4 Å². The summed E-state index contributed by atoms with van der Waals surface area (Å²) >= 11 is 0. The van der Waals surface area contributed by atoms with Gasteiger partial charge in [0.25, 0.3) is 5.89 Å². The normalized spacial score (nSPS) is 18.3. The summed E-state index contributed by atoms with van der Waals surface area (Å²) in [5, 5.41) is 7.53. The molecule has 2 unspecified atom stereocenters. The number of hydrogen-bond donors (Lipinski definition) is 1. The molecular weight excluding hydrogens is 376 g/mol. The second kappa shape index (κ2) is 9.19. The Labute approximate surface area is 171 Å². The van der Waals surface area contributed by atoms with Gasteiger partial charge < -0.3 is 14.6 Å². The quantitative estimate of drug-likeness (QED) is 0.701. The summed E-state index contributed by atoms with van der Waals surface area (Å²) in [6.45, 7) is 4.70. The van der Waals surface area contributed by atoms with Crippen molar-refractivity contribution in [2.24, 2.45) is 0 Å². The maximum Gasteiger partial charge on any atom is 0.267 e. The molecule has 4 rings (SSSR count). The molecule has 148 valence electrons. The van der Waals surface area contributed by atoms with Crippen LogP contribution in [-0.2, 0) is 0 Å². The highest BCUT2D eigenvalue weighted by molar-refractivity contribution is 5.85. The number of aromatic nitrogens is 2. The Balaban J connectivity index is 0.00000225. The van der Waals surface area contributed by atoms with Gasteiger partial charge in [-0.05, 0) is 37.2 Å². The zero-order valence-corrected chi connectivity index (χ0v) is 16.9. The highest BCUT2D eigenvalue weighted by atomic mass is 35.5. The fourth-order valence-electron chi connectivity index (χ4n) is 3.25. The van der Waals surface area contributed by atoms with E-state index in [0.717, 1.165) is 30.9 Å². The molecular formula is C21H25ClN4O2. The average molecular weight is 401 g/mol. The van der Waals surface area contributed by atoms with Crippen LogP contribution in [0.1, 0.15) is 30.8 Å². The van der Waals surface area contributed by atoms with Gasteiger partial charge in [-0.25, -0.2) is 0 Å². The Kier molecular flexibility index (Phi) is 6.67. The lowest BCUT2D eigenvalue weighted by molar-refractivity contribution is 0.173. The smallest absolute Gasteiger partial charge is 0.267 e. The number of benzene rings is 2. The van der Waals surface area contributed by atoms with E-state index in [0.29, 0.717) is 11.7 Å². The van der Waals surface area contributed by atoms with Gasteiger partial charge >= 0.3 is 0 Å². The molecule has 0 saturated carbocycles. The molecule has 0 amide bonds. The SMILES string of the molecule is CC(Oc1ccc(-c2ccccc2)cc1)c1nc(C2CNCCN2C)no1.Cl. The third-order valence-electron chi connectivity index (χ3n) is 4.89. The fourth-order valence-corrected chi connectivity index (χ4v) is 3.25. The number of piperazine rings is 1. The summed E-state index contributed by atoms with van der Waals surface area (Å²) in [6.07, 6.45) is -0.310. The molecule has 7 heteroatoms. The van der Waals surface area contributed by atoms with Gasteiger partial charge in [-0.15, -0.1) is 12.4 Å². The summed E-state index contributed by atoms with van der Waals surface area (Å²) in [6, 6.07) is 18.5. The second-order valence-corrected chi connectivity index (χ2v) is 6.84. The van der Waals surface area contributed by atoms with Gasteiger partial charge in [0.2, 0.25) is 0 Å². The number of ether oxygens (including phenoxy) is 1. The fraction of sp³-hybridized carbons (Fsp3) is 0.333. The van der Waals surface area contributed by atoms with Gasteiger partial charge in [-0.1, -0.05) is 47.6 Å². The van der Waals surface area contributed by atoms with Gasteiger partial charge in [-0.2, -0.15) is 4.98 Å². The molecule has 0 bridgehead atoms. The molecule has 2 atom stereocenters. The molecule has 1 fully saturated rings. The lowest BCUT2D eigenvalue weighted by atomic mass is 10.1. The standard InChI is InChI=1S/C21H24N4O2.ClH/c1-15(21-23-20(24-27-21)19-14-22-12-13-25(19)2)26-18-10-8-17(9-11-18)16-6-4-3-5-7-16;/h3-11,15,19,22H,12-14H2,1-2H3;1H. The topological polar surface area (TPSA) is 63.4 Å². The van der Waals surface area contributed by atoms with E-state index < -0.39 is 0 Å². The first-order valence-corrected chi connectivity index (χ1v) is 9.27. The van der Waals surface area contributed by atoms with Crippen LogP contribution in [0.25, 0.3) is 11.1 Å². The monoisotopic (exact) mass is 400 g/mol. The summed E-state index contributed by atoms with van der Waals surface area (Å²) in [7, 11) is 2.08. The Hall–Kier alpha value is -2.41. The second-order valence-electron chi connectivity index (χ2n) is 6.84. The van der Waals surface area contributed by atoms with E-state index >= 15 is 0 Å². The number of halogens is 1. The molecule has 0 aliphatic carbocycles. The van der Waals surface area contributed by atoms with Crippen molar-refractivity contribution < 1.29 is 9.26 Å². The van der Waals surface area contributed by atoms with Crippen molar-refractivity contribution in [1.82, 2.24) is 20.4 Å². The highest BCUT2D eigenvalue weighted by Crippen LogP contribution is 2.26. The molecule has 28 heavy (non-hydrogen) atoms. The lowest BCUT2D eigenvalue weighted by Crippen LogP contribution is -2.44. The summed E-state index contributed by atoms with van der Waals surface area (Å²) in [5.74, 6) is 1.98. The van der Waals surface area contributed by atoms with Gasteiger partial charge in [0.1, 0.15) is 5.75 Å². The average Bonchev–Trinajstić information content (AvgIpc) is 3.20. The minimum atomic E-state index is -0.310. The van der Waals surface area contributed by atoms with E-state index in [-0.39, 0.29) is 24.6 Å². The van der Waals surface area contributed by atoms with E-state index in [1.807, 2.05) is 37.3 Å². The Morgan fingerprint density at radius 3 is 2.54 bits per heavy atom. The van der Waals surface area contributed by atoms with Crippen LogP contribution in [0.3, 0.4) is 0 Å². The number of hydrogen-bond acceptors (Lipinski definition) is 6. The van der Waals surface area contributed by atoms with Crippen LogP contribution >= 0.6 is 12.4 Å². The zero-order valence-electron chi connectivity index (χ0n) is 16.0. The van der Waals surface area contributed by atoms with Crippen molar-refractivity contribution in [3.05, 3.63) is 66.3 Å². The van der Waals surface area contributed by atoms with E-state index in [4.69, 9.17) is 9.26 Å². The van der Waals surface area contributed by atoms with Crippen LogP contribution in [0.4, 0.5) is 0 Å².